The third-order valence-corrected chi connectivity index (χ3v) is 5.08. The largest absolute Gasteiger partial charge is 0.325 e. The number of carbonyl (C=O) groups is 3. The molecule has 2 aromatic rings. The van der Waals surface area contributed by atoms with Crippen molar-refractivity contribution < 1.29 is 14.4 Å². The van der Waals surface area contributed by atoms with E-state index < -0.39 is 5.25 Å². The SMILES string of the molecule is O=C(CS[C@@H]1CC(=O)N(c2ccccc2)C1=O)Nc1cccc(Cl)c1. The minimum atomic E-state index is -0.544. The fourth-order valence-corrected chi connectivity index (χ4v) is 3.65. The maximum absolute atomic E-state index is 12.5. The van der Waals surface area contributed by atoms with Crippen molar-refractivity contribution in [3.63, 3.8) is 0 Å². The minimum Gasteiger partial charge on any atom is -0.325 e. The first-order valence-corrected chi connectivity index (χ1v) is 9.06. The molecule has 0 spiro atoms. The fourth-order valence-electron chi connectivity index (χ4n) is 2.52. The second kappa shape index (κ2) is 7.72. The van der Waals surface area contributed by atoms with Gasteiger partial charge in [0.1, 0.15) is 0 Å². The van der Waals surface area contributed by atoms with Crippen LogP contribution < -0.4 is 10.2 Å². The summed E-state index contributed by atoms with van der Waals surface area (Å²) in [5.74, 6) is -0.690. The predicted octanol–water partition coefficient (Wildman–Crippen LogP) is 3.34. The number of nitrogens with zero attached hydrogens (tertiary/aromatic N) is 1. The van der Waals surface area contributed by atoms with Gasteiger partial charge in [0.25, 0.3) is 0 Å². The molecule has 1 fully saturated rings. The standard InChI is InChI=1S/C18H15ClN2O3S/c19-12-5-4-6-13(9-12)20-16(22)11-25-15-10-17(23)21(18(15)24)14-7-2-1-3-8-14/h1-9,15H,10-11H2,(H,20,22)/t15-/m1/s1. The van der Waals surface area contributed by atoms with Crippen LogP contribution in [0, 0.1) is 0 Å². The van der Waals surface area contributed by atoms with Crippen LogP contribution in [-0.4, -0.2) is 28.7 Å². The number of para-hydroxylation sites is 1. The summed E-state index contributed by atoms with van der Waals surface area (Å²) < 4.78 is 0. The predicted molar refractivity (Wildman–Crippen MR) is 99.9 cm³/mol. The summed E-state index contributed by atoms with van der Waals surface area (Å²) >= 11 is 7.04. The summed E-state index contributed by atoms with van der Waals surface area (Å²) in [6.07, 6.45) is 0.100. The molecule has 2 aromatic carbocycles. The number of hydrogen-bond acceptors (Lipinski definition) is 4. The molecule has 1 heterocycles. The molecular formula is C18H15ClN2O3S. The van der Waals surface area contributed by atoms with Crippen LogP contribution in [-0.2, 0) is 14.4 Å². The van der Waals surface area contributed by atoms with Crippen LogP contribution in [0.25, 0.3) is 0 Å². The van der Waals surface area contributed by atoms with E-state index in [2.05, 4.69) is 5.32 Å². The molecule has 3 rings (SSSR count). The van der Waals surface area contributed by atoms with Crippen LogP contribution >= 0.6 is 23.4 Å². The van der Waals surface area contributed by atoms with Crippen molar-refractivity contribution in [1.82, 2.24) is 0 Å². The van der Waals surface area contributed by atoms with Gasteiger partial charge in [-0.25, -0.2) is 4.90 Å². The summed E-state index contributed by atoms with van der Waals surface area (Å²) in [5.41, 5.74) is 1.15. The zero-order chi connectivity index (χ0) is 17.8. The van der Waals surface area contributed by atoms with Gasteiger partial charge in [-0.1, -0.05) is 35.9 Å². The smallest absolute Gasteiger partial charge is 0.247 e. The average Bonchev–Trinajstić information content (AvgIpc) is 2.87. The van der Waals surface area contributed by atoms with Crippen LogP contribution in [0.15, 0.2) is 54.6 Å². The highest BCUT2D eigenvalue weighted by molar-refractivity contribution is 8.01. The van der Waals surface area contributed by atoms with Gasteiger partial charge >= 0.3 is 0 Å². The number of anilines is 2. The van der Waals surface area contributed by atoms with E-state index in [1.165, 1.54) is 16.7 Å². The monoisotopic (exact) mass is 374 g/mol. The van der Waals surface area contributed by atoms with Gasteiger partial charge in [-0.15, -0.1) is 11.8 Å². The lowest BCUT2D eigenvalue weighted by atomic mass is 10.3. The number of imide groups is 1. The third kappa shape index (κ3) is 4.21. The van der Waals surface area contributed by atoms with Crippen LogP contribution in [0.3, 0.4) is 0 Å². The third-order valence-electron chi connectivity index (χ3n) is 3.64. The Morgan fingerprint density at radius 1 is 1.16 bits per heavy atom. The molecule has 5 nitrogen and oxygen atoms in total. The highest BCUT2D eigenvalue weighted by Gasteiger charge is 2.39. The Kier molecular flexibility index (Phi) is 5.40. The number of rotatable bonds is 5. The molecule has 1 atom stereocenters. The van der Waals surface area contributed by atoms with Crippen molar-refractivity contribution in [2.45, 2.75) is 11.7 Å². The van der Waals surface area contributed by atoms with Gasteiger partial charge in [-0.05, 0) is 30.3 Å². The van der Waals surface area contributed by atoms with Crippen molar-refractivity contribution in [3.05, 3.63) is 59.6 Å². The Bertz CT molecular complexity index is 813. The summed E-state index contributed by atoms with van der Waals surface area (Å²) in [6.45, 7) is 0. The Morgan fingerprint density at radius 2 is 1.92 bits per heavy atom. The Labute approximate surface area is 154 Å². The summed E-state index contributed by atoms with van der Waals surface area (Å²) in [6, 6.07) is 15.6. The number of nitrogens with one attached hydrogen (secondary N) is 1. The normalized spacial score (nSPS) is 17.0. The molecule has 0 aliphatic carbocycles. The van der Waals surface area contributed by atoms with Gasteiger partial charge in [0.2, 0.25) is 17.7 Å². The van der Waals surface area contributed by atoms with Gasteiger partial charge in [0.05, 0.1) is 16.7 Å². The van der Waals surface area contributed by atoms with Crippen LogP contribution in [0.2, 0.25) is 5.02 Å². The highest BCUT2D eigenvalue weighted by Crippen LogP contribution is 2.29. The lowest BCUT2D eigenvalue weighted by molar-refractivity contribution is -0.121. The molecule has 1 saturated heterocycles. The molecule has 0 aromatic heterocycles. The van der Waals surface area contributed by atoms with Crippen LogP contribution in [0.4, 0.5) is 11.4 Å². The number of hydrogen-bond donors (Lipinski definition) is 1. The Balaban J connectivity index is 1.58. The fraction of sp³-hybridized carbons (Fsp3) is 0.167. The van der Waals surface area contributed by atoms with Crippen molar-refractivity contribution >= 4 is 52.5 Å². The first-order valence-electron chi connectivity index (χ1n) is 7.63. The van der Waals surface area contributed by atoms with Crippen LogP contribution in [0.5, 0.6) is 0 Å². The van der Waals surface area contributed by atoms with Crippen molar-refractivity contribution in [2.24, 2.45) is 0 Å². The Hall–Kier alpha value is -2.31. The second-order valence-electron chi connectivity index (χ2n) is 5.47. The molecule has 3 amide bonds. The molecule has 0 bridgehead atoms. The molecule has 0 saturated carbocycles. The van der Waals surface area contributed by atoms with Crippen LogP contribution in [0.1, 0.15) is 6.42 Å². The van der Waals surface area contributed by atoms with Gasteiger partial charge in [0.15, 0.2) is 0 Å². The molecule has 1 aliphatic rings. The lowest BCUT2D eigenvalue weighted by Gasteiger charge is -2.14. The lowest BCUT2D eigenvalue weighted by Crippen LogP contribution is -2.31. The zero-order valence-electron chi connectivity index (χ0n) is 13.1. The highest BCUT2D eigenvalue weighted by atomic mass is 35.5. The minimum absolute atomic E-state index is 0.0822. The van der Waals surface area contributed by atoms with Gasteiger partial charge in [-0.3, -0.25) is 14.4 Å². The molecule has 128 valence electrons. The zero-order valence-corrected chi connectivity index (χ0v) is 14.7. The quantitative estimate of drug-likeness (QED) is 0.815. The first-order chi connectivity index (χ1) is 12.0. The molecular weight excluding hydrogens is 360 g/mol. The van der Waals surface area contributed by atoms with Crippen molar-refractivity contribution in [2.75, 3.05) is 16.0 Å². The van der Waals surface area contributed by atoms with E-state index in [4.69, 9.17) is 11.6 Å². The molecule has 7 heteroatoms. The summed E-state index contributed by atoms with van der Waals surface area (Å²) in [7, 11) is 0. The number of halogens is 1. The van der Waals surface area contributed by atoms with E-state index in [0.29, 0.717) is 16.4 Å². The van der Waals surface area contributed by atoms with E-state index in [-0.39, 0.29) is 29.9 Å². The second-order valence-corrected chi connectivity index (χ2v) is 7.09. The van der Waals surface area contributed by atoms with E-state index in [1.54, 1.807) is 48.5 Å². The average molecular weight is 375 g/mol. The number of thioether (sulfide) groups is 1. The van der Waals surface area contributed by atoms with Crippen molar-refractivity contribution in [1.29, 1.82) is 0 Å². The van der Waals surface area contributed by atoms with E-state index in [0.717, 1.165) is 0 Å². The first kappa shape index (κ1) is 17.5. The summed E-state index contributed by atoms with van der Waals surface area (Å²) in [4.78, 5) is 37.8. The molecule has 1 N–H and O–H groups in total. The summed E-state index contributed by atoms with van der Waals surface area (Å²) in [5, 5.41) is 2.71. The topological polar surface area (TPSA) is 66.5 Å². The number of carbonyl (C=O) groups excluding carboxylic acids is 3. The van der Waals surface area contributed by atoms with Gasteiger partial charge in [-0.2, -0.15) is 0 Å². The molecule has 0 radical (unpaired) electrons. The van der Waals surface area contributed by atoms with Gasteiger partial charge < -0.3 is 5.32 Å². The van der Waals surface area contributed by atoms with E-state index >= 15 is 0 Å². The molecule has 0 unspecified atom stereocenters. The molecule has 1 aliphatic heterocycles. The Morgan fingerprint density at radius 3 is 2.64 bits per heavy atom. The van der Waals surface area contributed by atoms with Crippen molar-refractivity contribution in [3.8, 4) is 0 Å². The maximum atomic E-state index is 12.5. The van der Waals surface area contributed by atoms with Gasteiger partial charge in [0, 0.05) is 17.1 Å². The maximum Gasteiger partial charge on any atom is 0.247 e. The number of benzene rings is 2. The van der Waals surface area contributed by atoms with E-state index in [9.17, 15) is 14.4 Å². The number of amides is 3. The van der Waals surface area contributed by atoms with E-state index in [1.807, 2.05) is 6.07 Å². The molecule has 25 heavy (non-hydrogen) atoms.